The fraction of sp³-hybridized carbons (Fsp3) is 0.438. The molecule has 25 heavy (non-hydrogen) atoms. The number of carbonyl (C=O) groups is 2. The van der Waals surface area contributed by atoms with Gasteiger partial charge in [0, 0.05) is 27.2 Å². The van der Waals surface area contributed by atoms with Crippen molar-refractivity contribution in [2.24, 2.45) is 20.0 Å². The zero-order valence-electron chi connectivity index (χ0n) is 14.1. The SMILES string of the molecule is Cc1cc(C(=O)N2CCC(C(=O)O)C2)nc2c1c(=O)n(C)c(=O)n2C. The van der Waals surface area contributed by atoms with E-state index in [0.717, 1.165) is 4.57 Å². The highest BCUT2D eigenvalue weighted by Crippen LogP contribution is 2.20. The van der Waals surface area contributed by atoms with Gasteiger partial charge in [0.15, 0.2) is 0 Å². The third kappa shape index (κ3) is 2.61. The number of carboxylic acid groups (broad SMARTS) is 1. The lowest BCUT2D eigenvalue weighted by molar-refractivity contribution is -0.141. The summed E-state index contributed by atoms with van der Waals surface area (Å²) in [6.45, 7) is 2.14. The summed E-state index contributed by atoms with van der Waals surface area (Å²) in [4.78, 5) is 53.8. The number of fused-ring (bicyclic) bond motifs is 1. The lowest BCUT2D eigenvalue weighted by Crippen LogP contribution is -2.38. The van der Waals surface area contributed by atoms with Crippen molar-refractivity contribution in [1.82, 2.24) is 19.0 Å². The summed E-state index contributed by atoms with van der Waals surface area (Å²) in [6.07, 6.45) is 0.396. The molecule has 132 valence electrons. The van der Waals surface area contributed by atoms with Crippen molar-refractivity contribution in [1.29, 1.82) is 0 Å². The van der Waals surface area contributed by atoms with Crippen molar-refractivity contribution in [3.05, 3.63) is 38.2 Å². The quantitative estimate of drug-likeness (QED) is 0.783. The van der Waals surface area contributed by atoms with Gasteiger partial charge in [-0.15, -0.1) is 0 Å². The summed E-state index contributed by atoms with van der Waals surface area (Å²) in [5, 5.41) is 9.35. The second-order valence-electron chi connectivity index (χ2n) is 6.30. The van der Waals surface area contributed by atoms with Crippen molar-refractivity contribution >= 4 is 22.9 Å². The summed E-state index contributed by atoms with van der Waals surface area (Å²) in [5.41, 5.74) is -0.210. The Balaban J connectivity index is 2.10. The van der Waals surface area contributed by atoms with Crippen LogP contribution in [0.1, 0.15) is 22.5 Å². The summed E-state index contributed by atoms with van der Waals surface area (Å²) in [5.74, 6) is -1.91. The number of amides is 1. The van der Waals surface area contributed by atoms with E-state index in [1.165, 1.54) is 29.6 Å². The molecule has 2 aromatic heterocycles. The van der Waals surface area contributed by atoms with Gasteiger partial charge in [-0.2, -0.15) is 0 Å². The molecule has 3 rings (SSSR count). The number of carboxylic acids is 1. The number of hydrogen-bond acceptors (Lipinski definition) is 5. The van der Waals surface area contributed by atoms with Crippen LogP contribution in [-0.2, 0) is 18.9 Å². The number of carbonyl (C=O) groups excluding carboxylic acids is 1. The van der Waals surface area contributed by atoms with Gasteiger partial charge >= 0.3 is 11.7 Å². The van der Waals surface area contributed by atoms with E-state index in [4.69, 9.17) is 5.11 Å². The number of aromatic nitrogens is 3. The van der Waals surface area contributed by atoms with E-state index in [1.807, 2.05) is 0 Å². The average molecular weight is 346 g/mol. The molecule has 1 amide bonds. The summed E-state index contributed by atoms with van der Waals surface area (Å²) < 4.78 is 2.22. The molecule has 0 aromatic carbocycles. The van der Waals surface area contributed by atoms with Crippen LogP contribution in [0.4, 0.5) is 0 Å². The monoisotopic (exact) mass is 346 g/mol. The van der Waals surface area contributed by atoms with Crippen molar-refractivity contribution in [2.45, 2.75) is 13.3 Å². The Bertz CT molecular complexity index is 1020. The zero-order valence-corrected chi connectivity index (χ0v) is 14.1. The van der Waals surface area contributed by atoms with E-state index < -0.39 is 29.0 Å². The summed E-state index contributed by atoms with van der Waals surface area (Å²) in [6, 6.07) is 1.50. The minimum Gasteiger partial charge on any atom is -0.481 e. The Hall–Kier alpha value is -2.97. The smallest absolute Gasteiger partial charge is 0.332 e. The second kappa shape index (κ2) is 5.83. The van der Waals surface area contributed by atoms with Gasteiger partial charge < -0.3 is 10.0 Å². The second-order valence-corrected chi connectivity index (χ2v) is 6.30. The van der Waals surface area contributed by atoms with Crippen LogP contribution in [-0.4, -0.2) is 49.1 Å². The first-order valence-electron chi connectivity index (χ1n) is 7.81. The van der Waals surface area contributed by atoms with E-state index in [9.17, 15) is 19.2 Å². The normalized spacial score (nSPS) is 17.2. The van der Waals surface area contributed by atoms with Crippen molar-refractivity contribution < 1.29 is 14.7 Å². The standard InChI is InChI=1S/C16H18N4O5/c1-8-6-10(13(21)20-5-4-9(7-20)15(23)24)17-12-11(8)14(22)19(3)16(25)18(12)2/h6,9H,4-5,7H2,1-3H3,(H,23,24). The van der Waals surface area contributed by atoms with Gasteiger partial charge in [-0.3, -0.25) is 23.5 Å². The predicted octanol–water partition coefficient (Wildman–Crippen LogP) is -0.513. The molecule has 9 heteroatoms. The molecule has 9 nitrogen and oxygen atoms in total. The number of aliphatic carboxylic acids is 1. The first kappa shape index (κ1) is 16.9. The Kier molecular flexibility index (Phi) is 3.94. The maximum absolute atomic E-state index is 12.7. The predicted molar refractivity (Wildman–Crippen MR) is 88.6 cm³/mol. The van der Waals surface area contributed by atoms with Crippen molar-refractivity contribution in [2.75, 3.05) is 13.1 Å². The van der Waals surface area contributed by atoms with Crippen molar-refractivity contribution in [3.8, 4) is 0 Å². The van der Waals surface area contributed by atoms with Gasteiger partial charge in [-0.05, 0) is 25.0 Å². The molecule has 0 spiro atoms. The zero-order chi connectivity index (χ0) is 18.5. The first-order chi connectivity index (χ1) is 11.7. The van der Waals surface area contributed by atoms with Crippen LogP contribution in [0.3, 0.4) is 0 Å². The summed E-state index contributed by atoms with van der Waals surface area (Å²) in [7, 11) is 2.87. The molecule has 1 fully saturated rings. The van der Waals surface area contributed by atoms with Crippen LogP contribution in [0.15, 0.2) is 15.7 Å². The maximum Gasteiger partial charge on any atom is 0.332 e. The van der Waals surface area contributed by atoms with Gasteiger partial charge in [0.1, 0.15) is 11.3 Å². The highest BCUT2D eigenvalue weighted by molar-refractivity contribution is 5.95. The molecule has 1 unspecified atom stereocenters. The number of aryl methyl sites for hydroxylation is 2. The van der Waals surface area contributed by atoms with Crippen LogP contribution in [0.2, 0.25) is 0 Å². The number of likely N-dealkylation sites (tertiary alicyclic amines) is 1. The Labute approximate surface area is 142 Å². The Morgan fingerprint density at radius 2 is 1.92 bits per heavy atom. The van der Waals surface area contributed by atoms with Gasteiger partial charge in [0.05, 0.1) is 11.3 Å². The molecular formula is C16H18N4O5. The first-order valence-corrected chi connectivity index (χ1v) is 7.81. The average Bonchev–Trinajstić information content (AvgIpc) is 3.07. The maximum atomic E-state index is 12.7. The van der Waals surface area contributed by atoms with Crippen LogP contribution in [0, 0.1) is 12.8 Å². The number of nitrogens with zero attached hydrogens (tertiary/aromatic N) is 4. The number of pyridine rings is 1. The van der Waals surface area contributed by atoms with Crippen LogP contribution >= 0.6 is 0 Å². The van der Waals surface area contributed by atoms with Crippen LogP contribution < -0.4 is 11.2 Å². The van der Waals surface area contributed by atoms with Gasteiger partial charge in [0.2, 0.25) is 0 Å². The van der Waals surface area contributed by atoms with Gasteiger partial charge in [-0.25, -0.2) is 9.78 Å². The lowest BCUT2D eigenvalue weighted by Gasteiger charge is -2.16. The van der Waals surface area contributed by atoms with Crippen molar-refractivity contribution in [3.63, 3.8) is 0 Å². The Morgan fingerprint density at radius 1 is 1.24 bits per heavy atom. The van der Waals surface area contributed by atoms with E-state index >= 15 is 0 Å². The Morgan fingerprint density at radius 3 is 2.52 bits per heavy atom. The largest absolute Gasteiger partial charge is 0.481 e. The molecule has 0 saturated carbocycles. The minimum atomic E-state index is -0.927. The molecule has 1 aliphatic rings. The molecule has 0 bridgehead atoms. The summed E-state index contributed by atoms with van der Waals surface area (Å²) >= 11 is 0. The van der Waals surface area contributed by atoms with E-state index in [-0.39, 0.29) is 23.3 Å². The highest BCUT2D eigenvalue weighted by Gasteiger charge is 2.32. The number of hydrogen-bond donors (Lipinski definition) is 1. The third-order valence-corrected chi connectivity index (χ3v) is 4.65. The molecule has 1 atom stereocenters. The van der Waals surface area contributed by atoms with E-state index in [1.54, 1.807) is 6.92 Å². The third-order valence-electron chi connectivity index (χ3n) is 4.65. The van der Waals surface area contributed by atoms with Gasteiger partial charge in [0.25, 0.3) is 11.5 Å². The van der Waals surface area contributed by atoms with Gasteiger partial charge in [-0.1, -0.05) is 0 Å². The lowest BCUT2D eigenvalue weighted by atomic mass is 10.1. The van der Waals surface area contributed by atoms with Crippen LogP contribution in [0.25, 0.3) is 11.0 Å². The van der Waals surface area contributed by atoms with E-state index in [0.29, 0.717) is 18.5 Å². The molecule has 0 radical (unpaired) electrons. The fourth-order valence-corrected chi connectivity index (χ4v) is 3.15. The molecule has 0 aliphatic carbocycles. The highest BCUT2D eigenvalue weighted by atomic mass is 16.4. The molecule has 1 saturated heterocycles. The molecule has 2 aromatic rings. The van der Waals surface area contributed by atoms with Crippen LogP contribution in [0.5, 0.6) is 0 Å². The molecule has 3 heterocycles. The molecule has 1 N–H and O–H groups in total. The van der Waals surface area contributed by atoms with E-state index in [2.05, 4.69) is 4.98 Å². The fourth-order valence-electron chi connectivity index (χ4n) is 3.15. The number of rotatable bonds is 2. The molecule has 1 aliphatic heterocycles. The topological polar surface area (TPSA) is 114 Å². The molecular weight excluding hydrogens is 328 g/mol. The minimum absolute atomic E-state index is 0.0966.